The molecule has 1 fully saturated rings. The van der Waals surface area contributed by atoms with Crippen molar-refractivity contribution in [3.8, 4) is 0 Å². The average Bonchev–Trinajstić information content (AvgIpc) is 3.51. The highest BCUT2D eigenvalue weighted by Crippen LogP contribution is 2.40. The number of carbonyl (C=O) groups is 2. The van der Waals surface area contributed by atoms with Gasteiger partial charge in [-0.25, -0.2) is 4.39 Å². The van der Waals surface area contributed by atoms with Crippen LogP contribution in [-0.4, -0.2) is 24.9 Å². The number of anilines is 2. The number of nitrogens with one attached hydrogen (secondary N) is 2. The standard InChI is InChI=1S/C23H28FN3O2/c1-4-27(5-2)18-10-11-21(15(3)12-18)26-23(29)20-13-19(20)22(28)25-14-16-6-8-17(24)9-7-16/h6-12,19-20H,4-5,13-14H2,1-3H3,(H,25,28)(H,26,29). The van der Waals surface area contributed by atoms with Crippen molar-refractivity contribution >= 4 is 23.2 Å². The van der Waals surface area contributed by atoms with Crippen molar-refractivity contribution < 1.29 is 14.0 Å². The van der Waals surface area contributed by atoms with Gasteiger partial charge in [0.25, 0.3) is 0 Å². The highest BCUT2D eigenvalue weighted by Gasteiger charge is 2.48. The first-order valence-electron chi connectivity index (χ1n) is 10.1. The van der Waals surface area contributed by atoms with E-state index in [-0.39, 0.29) is 29.5 Å². The van der Waals surface area contributed by atoms with E-state index in [9.17, 15) is 14.0 Å². The summed E-state index contributed by atoms with van der Waals surface area (Å²) in [6.07, 6.45) is 0.553. The first-order chi connectivity index (χ1) is 13.9. The van der Waals surface area contributed by atoms with E-state index in [1.807, 2.05) is 19.1 Å². The second-order valence-corrected chi connectivity index (χ2v) is 7.45. The van der Waals surface area contributed by atoms with Crippen LogP contribution in [0.25, 0.3) is 0 Å². The maximum Gasteiger partial charge on any atom is 0.228 e. The fraction of sp³-hybridized carbons (Fsp3) is 0.391. The molecule has 2 amide bonds. The van der Waals surface area contributed by atoms with Crippen molar-refractivity contribution in [3.63, 3.8) is 0 Å². The molecule has 1 aliphatic carbocycles. The van der Waals surface area contributed by atoms with Crippen molar-refractivity contribution in [1.82, 2.24) is 5.32 Å². The third-order valence-electron chi connectivity index (χ3n) is 5.44. The van der Waals surface area contributed by atoms with Gasteiger partial charge in [0, 0.05) is 31.0 Å². The highest BCUT2D eigenvalue weighted by molar-refractivity contribution is 6.00. The minimum absolute atomic E-state index is 0.120. The Kier molecular flexibility index (Phi) is 6.52. The minimum Gasteiger partial charge on any atom is -0.372 e. The summed E-state index contributed by atoms with van der Waals surface area (Å²) < 4.78 is 12.9. The van der Waals surface area contributed by atoms with E-state index >= 15 is 0 Å². The molecule has 1 aliphatic rings. The first kappa shape index (κ1) is 20.8. The zero-order valence-corrected chi connectivity index (χ0v) is 17.2. The Hall–Kier alpha value is -2.89. The molecule has 0 radical (unpaired) electrons. The van der Waals surface area contributed by atoms with E-state index < -0.39 is 0 Å². The number of rotatable bonds is 8. The molecule has 0 spiro atoms. The third-order valence-corrected chi connectivity index (χ3v) is 5.44. The molecule has 0 saturated heterocycles. The summed E-state index contributed by atoms with van der Waals surface area (Å²) in [6, 6.07) is 12.0. The number of benzene rings is 2. The Morgan fingerprint density at radius 3 is 2.31 bits per heavy atom. The summed E-state index contributed by atoms with van der Waals surface area (Å²) in [5, 5.41) is 5.79. The maximum atomic E-state index is 12.9. The number of halogens is 1. The molecule has 29 heavy (non-hydrogen) atoms. The molecule has 0 aromatic heterocycles. The van der Waals surface area contributed by atoms with Gasteiger partial charge in [-0.1, -0.05) is 12.1 Å². The Labute approximate surface area is 171 Å². The van der Waals surface area contributed by atoms with Gasteiger partial charge in [0.1, 0.15) is 5.82 Å². The molecule has 0 heterocycles. The van der Waals surface area contributed by atoms with Crippen LogP contribution in [0.2, 0.25) is 0 Å². The summed E-state index contributed by atoms with van der Waals surface area (Å²) in [7, 11) is 0. The fourth-order valence-corrected chi connectivity index (χ4v) is 3.50. The molecule has 5 nitrogen and oxygen atoms in total. The van der Waals surface area contributed by atoms with Gasteiger partial charge in [-0.15, -0.1) is 0 Å². The monoisotopic (exact) mass is 397 g/mol. The summed E-state index contributed by atoms with van der Waals surface area (Å²) in [6.45, 7) is 8.39. The van der Waals surface area contributed by atoms with E-state index in [1.54, 1.807) is 12.1 Å². The normalized spacial score (nSPS) is 17.5. The number of hydrogen-bond acceptors (Lipinski definition) is 3. The predicted octanol–water partition coefficient (Wildman–Crippen LogP) is 3.87. The van der Waals surface area contributed by atoms with E-state index in [4.69, 9.17) is 0 Å². The molecule has 2 atom stereocenters. The topological polar surface area (TPSA) is 61.4 Å². The number of aryl methyl sites for hydroxylation is 1. The van der Waals surface area contributed by atoms with Crippen LogP contribution in [0, 0.1) is 24.6 Å². The Balaban J connectivity index is 1.52. The first-order valence-corrected chi connectivity index (χ1v) is 10.1. The lowest BCUT2D eigenvalue weighted by Gasteiger charge is -2.22. The van der Waals surface area contributed by atoms with Crippen LogP contribution in [-0.2, 0) is 16.1 Å². The van der Waals surface area contributed by atoms with Crippen LogP contribution in [0.5, 0.6) is 0 Å². The summed E-state index contributed by atoms with van der Waals surface area (Å²) in [5.41, 5.74) is 3.74. The summed E-state index contributed by atoms with van der Waals surface area (Å²) in [5.74, 6) is -1.16. The summed E-state index contributed by atoms with van der Waals surface area (Å²) >= 11 is 0. The van der Waals surface area contributed by atoms with E-state index in [0.717, 1.165) is 35.6 Å². The van der Waals surface area contributed by atoms with Crippen molar-refractivity contribution in [2.45, 2.75) is 33.7 Å². The van der Waals surface area contributed by atoms with Crippen LogP contribution in [0.3, 0.4) is 0 Å². The molecule has 1 saturated carbocycles. The lowest BCUT2D eigenvalue weighted by molar-refractivity contribution is -0.125. The van der Waals surface area contributed by atoms with Crippen LogP contribution in [0.15, 0.2) is 42.5 Å². The van der Waals surface area contributed by atoms with Gasteiger partial charge in [0.2, 0.25) is 11.8 Å². The molecule has 2 N–H and O–H groups in total. The molecular weight excluding hydrogens is 369 g/mol. The molecule has 0 bridgehead atoms. The number of carbonyl (C=O) groups excluding carboxylic acids is 2. The fourth-order valence-electron chi connectivity index (χ4n) is 3.50. The molecule has 3 rings (SSSR count). The molecule has 2 unspecified atom stereocenters. The quantitative estimate of drug-likeness (QED) is 0.711. The molecular formula is C23H28FN3O2. The Morgan fingerprint density at radius 2 is 1.69 bits per heavy atom. The van der Waals surface area contributed by atoms with Crippen molar-refractivity contribution in [1.29, 1.82) is 0 Å². The Morgan fingerprint density at radius 1 is 1.03 bits per heavy atom. The van der Waals surface area contributed by atoms with Crippen molar-refractivity contribution in [2.75, 3.05) is 23.3 Å². The van der Waals surface area contributed by atoms with E-state index in [2.05, 4.69) is 35.4 Å². The van der Waals surface area contributed by atoms with Crippen molar-refractivity contribution in [2.24, 2.45) is 11.8 Å². The molecule has 2 aromatic rings. The van der Waals surface area contributed by atoms with Crippen molar-refractivity contribution in [3.05, 3.63) is 59.4 Å². The summed E-state index contributed by atoms with van der Waals surface area (Å²) in [4.78, 5) is 27.1. The smallest absolute Gasteiger partial charge is 0.228 e. The van der Waals surface area contributed by atoms with Crippen LogP contribution in [0.4, 0.5) is 15.8 Å². The van der Waals surface area contributed by atoms with Gasteiger partial charge in [0.05, 0.1) is 11.8 Å². The molecule has 154 valence electrons. The number of amides is 2. The third kappa shape index (κ3) is 5.13. The van der Waals surface area contributed by atoms with Gasteiger partial charge < -0.3 is 15.5 Å². The molecule has 2 aromatic carbocycles. The average molecular weight is 397 g/mol. The highest BCUT2D eigenvalue weighted by atomic mass is 19.1. The van der Waals surface area contributed by atoms with Crippen LogP contribution >= 0.6 is 0 Å². The van der Waals surface area contributed by atoms with Gasteiger partial charge in [-0.2, -0.15) is 0 Å². The second-order valence-electron chi connectivity index (χ2n) is 7.45. The number of hydrogen-bond donors (Lipinski definition) is 2. The zero-order valence-electron chi connectivity index (χ0n) is 17.2. The predicted molar refractivity (Wildman–Crippen MR) is 113 cm³/mol. The van der Waals surface area contributed by atoms with E-state index in [1.165, 1.54) is 12.1 Å². The SMILES string of the molecule is CCN(CC)c1ccc(NC(=O)C2CC2C(=O)NCc2ccc(F)cc2)c(C)c1. The van der Waals surface area contributed by atoms with Crippen LogP contribution < -0.4 is 15.5 Å². The van der Waals surface area contributed by atoms with Gasteiger partial charge in [-0.3, -0.25) is 9.59 Å². The molecule has 6 heteroatoms. The largest absolute Gasteiger partial charge is 0.372 e. The number of nitrogens with zero attached hydrogens (tertiary/aromatic N) is 1. The lowest BCUT2D eigenvalue weighted by Crippen LogP contribution is -2.27. The van der Waals surface area contributed by atoms with E-state index in [0.29, 0.717) is 13.0 Å². The van der Waals surface area contributed by atoms with Gasteiger partial charge in [0.15, 0.2) is 0 Å². The maximum absolute atomic E-state index is 12.9. The lowest BCUT2D eigenvalue weighted by atomic mass is 10.1. The van der Waals surface area contributed by atoms with Gasteiger partial charge in [-0.05, 0) is 68.7 Å². The zero-order chi connectivity index (χ0) is 21.0. The van der Waals surface area contributed by atoms with Gasteiger partial charge >= 0.3 is 0 Å². The second kappa shape index (κ2) is 9.07. The minimum atomic E-state index is -0.306. The van der Waals surface area contributed by atoms with Crippen LogP contribution in [0.1, 0.15) is 31.4 Å². The molecule has 0 aliphatic heterocycles. The Bertz CT molecular complexity index is 878.